The molecule has 138 valence electrons. The highest BCUT2D eigenvalue weighted by molar-refractivity contribution is 8.75. The second kappa shape index (κ2) is 8.63. The van der Waals surface area contributed by atoms with Crippen molar-refractivity contribution >= 4 is 33.4 Å². The maximum Gasteiger partial charge on any atom is 0.434 e. The lowest BCUT2D eigenvalue weighted by molar-refractivity contribution is -0.0586. The van der Waals surface area contributed by atoms with Gasteiger partial charge in [-0.15, -0.1) is 0 Å². The maximum atomic E-state index is 13.1. The Bertz CT molecular complexity index is 703. The summed E-state index contributed by atoms with van der Waals surface area (Å²) in [7, 11) is 0.439. The average Bonchev–Trinajstić information content (AvgIpc) is 2.57. The molecule has 0 spiro atoms. The summed E-state index contributed by atoms with van der Waals surface area (Å²) in [6.45, 7) is 0. The zero-order valence-corrected chi connectivity index (χ0v) is 14.4. The molecule has 0 unspecified atom stereocenters. The Morgan fingerprint density at radius 3 is 1.15 bits per heavy atom. The minimum Gasteiger partial charge on any atom is -0.198 e. The predicted molar refractivity (Wildman–Crippen MR) is 93.2 cm³/mol. The van der Waals surface area contributed by atoms with Gasteiger partial charge in [0.05, 0.1) is 22.0 Å². The van der Waals surface area contributed by atoms with Crippen LogP contribution >= 0.6 is 22.0 Å². The van der Waals surface area contributed by atoms with E-state index in [9.17, 15) is 26.3 Å². The summed E-state index contributed by atoms with van der Waals surface area (Å²) in [4.78, 5) is 0. The van der Waals surface area contributed by atoms with Crippen molar-refractivity contribution in [1.29, 1.82) is 0 Å². The van der Waals surface area contributed by atoms with Gasteiger partial charge >= 0.3 is 12.4 Å². The van der Waals surface area contributed by atoms with Crippen LogP contribution in [0.15, 0.2) is 69.5 Å². The summed E-state index contributed by atoms with van der Waals surface area (Å²) in [5, 5.41) is 0. The Balaban J connectivity index is 2.21. The van der Waals surface area contributed by atoms with E-state index in [-0.39, 0.29) is 33.1 Å². The molecule has 0 saturated heterocycles. The van der Waals surface area contributed by atoms with Gasteiger partial charge in [-0.25, -0.2) is 0 Å². The van der Waals surface area contributed by atoms with E-state index < -0.39 is 23.8 Å². The Morgan fingerprint density at radius 2 is 0.885 bits per heavy atom. The van der Waals surface area contributed by atoms with Crippen molar-refractivity contribution in [1.82, 2.24) is 0 Å². The minimum absolute atomic E-state index is 0.184. The van der Waals surface area contributed by atoms with Gasteiger partial charge in [0.15, 0.2) is 11.4 Å². The van der Waals surface area contributed by atoms with Crippen LogP contribution in [0, 0.1) is 0 Å². The van der Waals surface area contributed by atoms with Crippen molar-refractivity contribution in [2.24, 2.45) is 8.80 Å². The number of nitrogens with zero attached hydrogens (tertiary/aromatic N) is 2. The fourth-order valence-corrected chi connectivity index (χ4v) is 3.12. The van der Waals surface area contributed by atoms with Crippen LogP contribution in [-0.2, 0) is 0 Å². The van der Waals surface area contributed by atoms with Crippen LogP contribution in [0.4, 0.5) is 26.3 Å². The van der Waals surface area contributed by atoms with Gasteiger partial charge in [0, 0.05) is 11.1 Å². The summed E-state index contributed by atoms with van der Waals surface area (Å²) < 4.78 is 85.1. The second-order valence-electron chi connectivity index (χ2n) is 4.76. The van der Waals surface area contributed by atoms with Gasteiger partial charge in [-0.2, -0.15) is 35.1 Å². The fourth-order valence-electron chi connectivity index (χ4n) is 1.84. The zero-order chi connectivity index (χ0) is 19.2. The molecule has 0 heterocycles. The van der Waals surface area contributed by atoms with Crippen molar-refractivity contribution in [2.45, 2.75) is 12.4 Å². The first-order valence-corrected chi connectivity index (χ1v) is 9.00. The van der Waals surface area contributed by atoms with Gasteiger partial charge in [-0.3, -0.25) is 0 Å². The van der Waals surface area contributed by atoms with Crippen molar-refractivity contribution in [3.05, 3.63) is 71.8 Å². The van der Waals surface area contributed by atoms with Crippen molar-refractivity contribution in [2.75, 3.05) is 0 Å². The van der Waals surface area contributed by atoms with Crippen LogP contribution in [0.2, 0.25) is 0 Å². The molecule has 0 amide bonds. The Morgan fingerprint density at radius 1 is 0.577 bits per heavy atom. The lowest BCUT2D eigenvalue weighted by Crippen LogP contribution is -2.23. The Labute approximate surface area is 153 Å². The number of halogens is 6. The number of hydrogen-bond acceptors (Lipinski definition) is 4. The molecule has 0 saturated carbocycles. The molecule has 2 aromatic rings. The Hall–Kier alpha value is -1.94. The smallest absolute Gasteiger partial charge is 0.198 e. The molecule has 0 aliphatic heterocycles. The van der Waals surface area contributed by atoms with Gasteiger partial charge in [-0.1, -0.05) is 60.7 Å². The molecule has 0 aromatic heterocycles. The van der Waals surface area contributed by atoms with Gasteiger partial charge in [0.1, 0.15) is 0 Å². The summed E-state index contributed by atoms with van der Waals surface area (Å²) >= 11 is 0. The van der Waals surface area contributed by atoms with E-state index in [2.05, 4.69) is 8.80 Å². The molecule has 2 rings (SSSR count). The molecular weight excluding hydrogens is 398 g/mol. The lowest BCUT2D eigenvalue weighted by Gasteiger charge is -2.11. The van der Waals surface area contributed by atoms with Gasteiger partial charge in [0.2, 0.25) is 0 Å². The zero-order valence-electron chi connectivity index (χ0n) is 12.8. The van der Waals surface area contributed by atoms with Crippen LogP contribution in [-0.4, -0.2) is 23.8 Å². The van der Waals surface area contributed by atoms with Gasteiger partial charge in [-0.05, 0) is 0 Å². The molecular formula is C16H10F6N2S2. The molecule has 0 atom stereocenters. The molecule has 2 aromatic carbocycles. The molecule has 26 heavy (non-hydrogen) atoms. The second-order valence-corrected chi connectivity index (χ2v) is 6.31. The average molecular weight is 408 g/mol. The van der Waals surface area contributed by atoms with Crippen LogP contribution in [0.5, 0.6) is 0 Å². The van der Waals surface area contributed by atoms with Crippen molar-refractivity contribution in [3.8, 4) is 0 Å². The van der Waals surface area contributed by atoms with Crippen LogP contribution < -0.4 is 0 Å². The molecule has 0 aliphatic carbocycles. The molecule has 10 heteroatoms. The van der Waals surface area contributed by atoms with E-state index in [1.54, 1.807) is 12.1 Å². The fraction of sp³-hybridized carbons (Fsp3) is 0.125. The quantitative estimate of drug-likeness (QED) is 0.191. The highest BCUT2D eigenvalue weighted by atomic mass is 33.1. The third kappa shape index (κ3) is 5.80. The van der Waals surface area contributed by atoms with Gasteiger partial charge in [0.25, 0.3) is 0 Å². The predicted octanol–water partition coefficient (Wildman–Crippen LogP) is 6.30. The summed E-state index contributed by atoms with van der Waals surface area (Å²) in [6.07, 6.45) is -9.49. The largest absolute Gasteiger partial charge is 0.434 e. The number of rotatable bonds is 5. The molecule has 0 fully saturated rings. The molecule has 2 nitrogen and oxygen atoms in total. The molecule has 0 N–H and O–H groups in total. The van der Waals surface area contributed by atoms with E-state index >= 15 is 0 Å². The van der Waals surface area contributed by atoms with E-state index in [1.807, 2.05) is 0 Å². The summed E-state index contributed by atoms with van der Waals surface area (Å²) in [6, 6.07) is 13.6. The summed E-state index contributed by atoms with van der Waals surface area (Å²) in [5.74, 6) is 0. The van der Waals surface area contributed by atoms with E-state index in [0.29, 0.717) is 0 Å². The number of benzene rings is 2. The SMILES string of the molecule is FC(F)(F)/C(=N\SS/N=C(\c1ccccc1)C(F)(F)F)c1ccccc1. The summed E-state index contributed by atoms with van der Waals surface area (Å²) in [5.41, 5.74) is -2.76. The normalized spacial score (nSPS) is 13.8. The monoisotopic (exact) mass is 408 g/mol. The Kier molecular flexibility index (Phi) is 6.76. The van der Waals surface area contributed by atoms with Crippen LogP contribution in [0.25, 0.3) is 0 Å². The number of alkyl halides is 6. The van der Waals surface area contributed by atoms with E-state index in [1.165, 1.54) is 48.5 Å². The molecule has 0 bridgehead atoms. The first-order chi connectivity index (χ1) is 12.2. The number of hydrogen-bond donors (Lipinski definition) is 0. The standard InChI is InChI=1S/C16H10F6N2S2/c17-15(18,19)13(11-7-3-1-4-8-11)23-25-26-24-14(16(20,21)22)12-9-5-2-6-10-12/h1-10H/b23-13-,24-14+. The first-order valence-electron chi connectivity index (χ1n) is 6.93. The minimum atomic E-state index is -4.75. The third-order valence-electron chi connectivity index (χ3n) is 2.92. The van der Waals surface area contributed by atoms with E-state index in [0.717, 1.165) is 0 Å². The molecule has 0 aliphatic rings. The van der Waals surface area contributed by atoms with Crippen molar-refractivity contribution in [3.63, 3.8) is 0 Å². The first kappa shape index (κ1) is 20.4. The lowest BCUT2D eigenvalue weighted by atomic mass is 10.1. The van der Waals surface area contributed by atoms with Crippen LogP contribution in [0.1, 0.15) is 11.1 Å². The highest BCUT2D eigenvalue weighted by Crippen LogP contribution is 2.33. The maximum absolute atomic E-state index is 13.1. The van der Waals surface area contributed by atoms with Crippen LogP contribution in [0.3, 0.4) is 0 Å². The highest BCUT2D eigenvalue weighted by Gasteiger charge is 2.38. The van der Waals surface area contributed by atoms with Gasteiger partial charge < -0.3 is 0 Å². The molecule has 0 radical (unpaired) electrons. The van der Waals surface area contributed by atoms with Crippen molar-refractivity contribution < 1.29 is 26.3 Å². The topological polar surface area (TPSA) is 24.7 Å². The third-order valence-corrected chi connectivity index (χ3v) is 4.15. The van der Waals surface area contributed by atoms with E-state index in [4.69, 9.17) is 0 Å².